The predicted octanol–water partition coefficient (Wildman–Crippen LogP) is 3.82. The van der Waals surface area contributed by atoms with Gasteiger partial charge in [0.25, 0.3) is 11.8 Å². The molecule has 1 N–H and O–H groups in total. The lowest BCUT2D eigenvalue weighted by Crippen LogP contribution is -2.54. The second-order valence-electron chi connectivity index (χ2n) is 8.83. The zero-order valence-corrected chi connectivity index (χ0v) is 20.1. The van der Waals surface area contributed by atoms with E-state index in [1.807, 2.05) is 69.0 Å². The molecule has 2 aromatic rings. The van der Waals surface area contributed by atoms with E-state index in [1.54, 1.807) is 17.0 Å². The molecule has 3 amide bonds. The van der Waals surface area contributed by atoms with Crippen molar-refractivity contribution in [2.24, 2.45) is 5.92 Å². The molecule has 3 rings (SSSR count). The summed E-state index contributed by atoms with van der Waals surface area (Å²) in [5.41, 5.74) is 3.37. The molecule has 1 fully saturated rings. The molecule has 176 valence electrons. The molecule has 1 atom stereocenters. The Balaban J connectivity index is 1.73. The van der Waals surface area contributed by atoms with E-state index in [0.717, 1.165) is 11.1 Å². The number of carbonyl (C=O) groups excluding carboxylic acids is 3. The Kier molecular flexibility index (Phi) is 8.26. The first kappa shape index (κ1) is 24.5. The number of nitrogens with one attached hydrogen (secondary N) is 1. The van der Waals surface area contributed by atoms with Gasteiger partial charge in [0.05, 0.1) is 0 Å². The molecule has 0 unspecified atom stereocenters. The van der Waals surface area contributed by atoms with Crippen molar-refractivity contribution < 1.29 is 14.4 Å². The van der Waals surface area contributed by atoms with Crippen LogP contribution in [0.2, 0.25) is 0 Å². The largest absolute Gasteiger partial charge is 0.341 e. The summed E-state index contributed by atoms with van der Waals surface area (Å²) < 4.78 is 0. The first-order chi connectivity index (χ1) is 15.8. The predicted molar refractivity (Wildman–Crippen MR) is 130 cm³/mol. The van der Waals surface area contributed by atoms with Gasteiger partial charge in [-0.2, -0.15) is 0 Å². The lowest BCUT2D eigenvalue weighted by atomic mass is 9.87. The number of amides is 3. The highest BCUT2D eigenvalue weighted by atomic mass is 16.2. The average Bonchev–Trinajstić information content (AvgIpc) is 2.83. The van der Waals surface area contributed by atoms with Crippen molar-refractivity contribution in [1.82, 2.24) is 15.1 Å². The van der Waals surface area contributed by atoms with E-state index < -0.39 is 6.04 Å². The quantitative estimate of drug-likeness (QED) is 0.699. The molecule has 1 aliphatic heterocycles. The highest BCUT2D eigenvalue weighted by Gasteiger charge is 2.35. The molecule has 0 saturated carbocycles. The molecule has 6 nitrogen and oxygen atoms in total. The number of rotatable bonds is 7. The second kappa shape index (κ2) is 11.1. The number of likely N-dealkylation sites (tertiary alicyclic amines) is 1. The van der Waals surface area contributed by atoms with Crippen molar-refractivity contribution in [2.45, 2.75) is 46.6 Å². The smallest absolute Gasteiger partial charge is 0.253 e. The van der Waals surface area contributed by atoms with Crippen LogP contribution < -0.4 is 5.32 Å². The number of carbonyl (C=O) groups is 3. The summed E-state index contributed by atoms with van der Waals surface area (Å²) in [5, 5.41) is 3.02. The summed E-state index contributed by atoms with van der Waals surface area (Å²) in [4.78, 5) is 42.8. The third kappa shape index (κ3) is 6.01. The molecule has 1 heterocycles. The van der Waals surface area contributed by atoms with Crippen LogP contribution in [0.1, 0.15) is 58.5 Å². The van der Waals surface area contributed by atoms with Crippen LogP contribution in [-0.2, 0) is 4.79 Å². The molecule has 1 aliphatic rings. The molecular formula is C27H35N3O3. The fourth-order valence-electron chi connectivity index (χ4n) is 4.44. The van der Waals surface area contributed by atoms with E-state index in [0.29, 0.717) is 50.1 Å². The van der Waals surface area contributed by atoms with Crippen molar-refractivity contribution >= 4 is 17.7 Å². The SMILES string of the molecule is CCN(CC)C(=O)[C@@H](NC(=O)c1ccc(C)cc1)C1CCN(C(=O)c2cccc(C)c2)CC1. The third-order valence-corrected chi connectivity index (χ3v) is 6.50. The number of benzene rings is 2. The lowest BCUT2D eigenvalue weighted by molar-refractivity contribution is -0.134. The highest BCUT2D eigenvalue weighted by Crippen LogP contribution is 2.24. The van der Waals surface area contributed by atoms with Gasteiger partial charge in [-0.25, -0.2) is 0 Å². The molecule has 0 aromatic heterocycles. The van der Waals surface area contributed by atoms with Crippen LogP contribution in [0.3, 0.4) is 0 Å². The average molecular weight is 450 g/mol. The number of hydrogen-bond donors (Lipinski definition) is 1. The molecule has 1 saturated heterocycles. The minimum Gasteiger partial charge on any atom is -0.341 e. The van der Waals surface area contributed by atoms with E-state index in [9.17, 15) is 14.4 Å². The van der Waals surface area contributed by atoms with Crippen LogP contribution in [0.5, 0.6) is 0 Å². The summed E-state index contributed by atoms with van der Waals surface area (Å²) >= 11 is 0. The maximum absolute atomic E-state index is 13.3. The van der Waals surface area contributed by atoms with Gasteiger partial charge in [-0.1, -0.05) is 35.4 Å². The fourth-order valence-corrected chi connectivity index (χ4v) is 4.44. The topological polar surface area (TPSA) is 69.7 Å². The molecule has 0 spiro atoms. The zero-order valence-electron chi connectivity index (χ0n) is 20.1. The molecule has 0 bridgehead atoms. The van der Waals surface area contributed by atoms with Gasteiger partial charge in [0.2, 0.25) is 5.91 Å². The second-order valence-corrected chi connectivity index (χ2v) is 8.83. The summed E-state index contributed by atoms with van der Waals surface area (Å²) in [6.07, 6.45) is 1.34. The summed E-state index contributed by atoms with van der Waals surface area (Å²) in [7, 11) is 0. The van der Waals surface area contributed by atoms with Gasteiger partial charge in [-0.15, -0.1) is 0 Å². The number of nitrogens with zero attached hydrogens (tertiary/aromatic N) is 2. The van der Waals surface area contributed by atoms with Gasteiger partial charge < -0.3 is 15.1 Å². The maximum atomic E-state index is 13.3. The van der Waals surface area contributed by atoms with Crippen molar-refractivity contribution in [2.75, 3.05) is 26.2 Å². The molecule has 33 heavy (non-hydrogen) atoms. The zero-order chi connectivity index (χ0) is 24.0. The van der Waals surface area contributed by atoms with E-state index in [-0.39, 0.29) is 23.6 Å². The van der Waals surface area contributed by atoms with Crippen molar-refractivity contribution in [3.63, 3.8) is 0 Å². The number of hydrogen-bond acceptors (Lipinski definition) is 3. The Morgan fingerprint density at radius 3 is 2.15 bits per heavy atom. The van der Waals surface area contributed by atoms with E-state index in [1.165, 1.54) is 0 Å². The first-order valence-corrected chi connectivity index (χ1v) is 11.9. The number of aryl methyl sites for hydroxylation is 2. The van der Waals surface area contributed by atoms with Gasteiger partial charge in [0, 0.05) is 37.3 Å². The van der Waals surface area contributed by atoms with Gasteiger partial charge >= 0.3 is 0 Å². The van der Waals surface area contributed by atoms with Crippen LogP contribution in [0.25, 0.3) is 0 Å². The number of piperidine rings is 1. The normalized spacial score (nSPS) is 15.1. The van der Waals surface area contributed by atoms with Crippen LogP contribution in [0.15, 0.2) is 48.5 Å². The van der Waals surface area contributed by atoms with Gasteiger partial charge in [0.15, 0.2) is 0 Å². The Bertz CT molecular complexity index is 974. The molecule has 0 aliphatic carbocycles. The van der Waals surface area contributed by atoms with Crippen LogP contribution in [0, 0.1) is 19.8 Å². The molecule has 2 aromatic carbocycles. The number of likely N-dealkylation sites (N-methyl/N-ethyl adjacent to an activating group) is 1. The standard InChI is InChI=1S/C27H35N3O3/c1-5-29(6-2)27(33)24(28-25(31)22-12-10-19(3)11-13-22)21-14-16-30(17-15-21)26(32)23-9-7-8-20(4)18-23/h7-13,18,21,24H,5-6,14-17H2,1-4H3,(H,28,31)/t24-/m0/s1. The van der Waals surface area contributed by atoms with E-state index >= 15 is 0 Å². The van der Waals surface area contributed by atoms with Gasteiger partial charge in [0.1, 0.15) is 6.04 Å². The van der Waals surface area contributed by atoms with Crippen molar-refractivity contribution in [1.29, 1.82) is 0 Å². The molecule has 0 radical (unpaired) electrons. The minimum atomic E-state index is -0.602. The Labute approximate surface area is 197 Å². The summed E-state index contributed by atoms with van der Waals surface area (Å²) in [6.45, 7) is 10.2. The molecular weight excluding hydrogens is 414 g/mol. The van der Waals surface area contributed by atoms with Crippen LogP contribution in [0.4, 0.5) is 0 Å². The van der Waals surface area contributed by atoms with Gasteiger partial charge in [-0.3, -0.25) is 14.4 Å². The summed E-state index contributed by atoms with van der Waals surface area (Å²) in [6, 6.07) is 14.4. The van der Waals surface area contributed by atoms with E-state index in [2.05, 4.69) is 5.32 Å². The highest BCUT2D eigenvalue weighted by molar-refractivity contribution is 5.98. The Morgan fingerprint density at radius 1 is 0.939 bits per heavy atom. The third-order valence-electron chi connectivity index (χ3n) is 6.50. The minimum absolute atomic E-state index is 0.0194. The first-order valence-electron chi connectivity index (χ1n) is 11.9. The van der Waals surface area contributed by atoms with Crippen molar-refractivity contribution in [3.05, 3.63) is 70.8 Å². The van der Waals surface area contributed by atoms with Gasteiger partial charge in [-0.05, 0) is 70.7 Å². The molecule has 6 heteroatoms. The van der Waals surface area contributed by atoms with E-state index in [4.69, 9.17) is 0 Å². The Morgan fingerprint density at radius 2 is 1.58 bits per heavy atom. The fraction of sp³-hybridized carbons (Fsp3) is 0.444. The monoisotopic (exact) mass is 449 g/mol. The van der Waals surface area contributed by atoms with Crippen LogP contribution >= 0.6 is 0 Å². The Hall–Kier alpha value is -3.15. The van der Waals surface area contributed by atoms with Crippen molar-refractivity contribution in [3.8, 4) is 0 Å². The lowest BCUT2D eigenvalue weighted by Gasteiger charge is -2.37. The summed E-state index contributed by atoms with van der Waals surface area (Å²) in [5.74, 6) is -0.288. The maximum Gasteiger partial charge on any atom is 0.253 e. The van der Waals surface area contributed by atoms with Crippen LogP contribution in [-0.4, -0.2) is 59.7 Å².